The largest absolute Gasteiger partial charge is 0.497 e. The molecule has 0 saturated carbocycles. The zero-order valence-electron chi connectivity index (χ0n) is 15.0. The first-order valence-corrected chi connectivity index (χ1v) is 8.23. The van der Waals surface area contributed by atoms with Crippen LogP contribution in [0.4, 0.5) is 0 Å². The fourth-order valence-corrected chi connectivity index (χ4v) is 2.42. The molecule has 1 atom stereocenters. The Kier molecular flexibility index (Phi) is 8.68. The van der Waals surface area contributed by atoms with E-state index in [2.05, 4.69) is 10.6 Å². The van der Waals surface area contributed by atoms with Gasteiger partial charge in [-0.15, -0.1) is 0 Å². The van der Waals surface area contributed by atoms with Crippen molar-refractivity contribution in [2.45, 2.75) is 45.6 Å². The maximum absolute atomic E-state index is 12.1. The molecule has 24 heavy (non-hydrogen) atoms. The minimum absolute atomic E-state index is 0.00639. The van der Waals surface area contributed by atoms with E-state index in [1.54, 1.807) is 14.2 Å². The number of hydrogen-bond acceptors (Lipinski definition) is 4. The van der Waals surface area contributed by atoms with E-state index < -0.39 is 0 Å². The number of carbonyl (C=O) groups is 2. The Morgan fingerprint density at radius 1 is 1.12 bits per heavy atom. The van der Waals surface area contributed by atoms with Crippen LogP contribution in [0.2, 0.25) is 0 Å². The summed E-state index contributed by atoms with van der Waals surface area (Å²) >= 11 is 0. The minimum atomic E-state index is -0.165. The zero-order chi connectivity index (χ0) is 17.9. The van der Waals surface area contributed by atoms with Gasteiger partial charge in [-0.25, -0.2) is 0 Å². The number of rotatable bonds is 10. The van der Waals surface area contributed by atoms with Gasteiger partial charge in [0, 0.05) is 25.5 Å². The van der Waals surface area contributed by atoms with Crippen molar-refractivity contribution in [1.29, 1.82) is 0 Å². The van der Waals surface area contributed by atoms with Gasteiger partial charge in [-0.1, -0.05) is 6.42 Å². The highest BCUT2D eigenvalue weighted by Gasteiger charge is 2.15. The van der Waals surface area contributed by atoms with Crippen molar-refractivity contribution in [3.05, 3.63) is 23.8 Å². The Balaban J connectivity index is 2.42. The van der Waals surface area contributed by atoms with Crippen LogP contribution in [0.1, 0.15) is 51.1 Å². The van der Waals surface area contributed by atoms with E-state index in [4.69, 9.17) is 9.47 Å². The Hall–Kier alpha value is -2.24. The predicted molar refractivity (Wildman–Crippen MR) is 93.3 cm³/mol. The Bertz CT molecular complexity index is 546. The SMILES string of the molecule is COc1ccc(OC)c(C(C)NC(=O)CCCCCNC(C)=O)c1. The lowest BCUT2D eigenvalue weighted by Crippen LogP contribution is -2.26. The van der Waals surface area contributed by atoms with Crippen molar-refractivity contribution >= 4 is 11.8 Å². The molecule has 2 N–H and O–H groups in total. The molecular formula is C18H28N2O4. The second-order valence-corrected chi connectivity index (χ2v) is 5.69. The van der Waals surface area contributed by atoms with E-state index >= 15 is 0 Å². The lowest BCUT2D eigenvalue weighted by Gasteiger charge is -2.18. The van der Waals surface area contributed by atoms with E-state index in [0.29, 0.717) is 13.0 Å². The van der Waals surface area contributed by atoms with Gasteiger partial charge >= 0.3 is 0 Å². The molecular weight excluding hydrogens is 308 g/mol. The van der Waals surface area contributed by atoms with Gasteiger partial charge in [-0.05, 0) is 38.0 Å². The minimum Gasteiger partial charge on any atom is -0.497 e. The molecule has 0 aliphatic rings. The number of unbranched alkanes of at least 4 members (excludes halogenated alkanes) is 2. The molecule has 0 spiro atoms. The maximum Gasteiger partial charge on any atom is 0.220 e. The molecule has 1 aromatic carbocycles. The Labute approximate surface area is 143 Å². The number of carbonyl (C=O) groups excluding carboxylic acids is 2. The average molecular weight is 336 g/mol. The first-order chi connectivity index (χ1) is 11.5. The van der Waals surface area contributed by atoms with Crippen molar-refractivity contribution in [2.75, 3.05) is 20.8 Å². The summed E-state index contributed by atoms with van der Waals surface area (Å²) in [6.45, 7) is 4.09. The van der Waals surface area contributed by atoms with Crippen LogP contribution >= 0.6 is 0 Å². The van der Waals surface area contributed by atoms with Gasteiger partial charge in [0.05, 0.1) is 20.3 Å². The van der Waals surface area contributed by atoms with Gasteiger partial charge in [0.1, 0.15) is 11.5 Å². The van der Waals surface area contributed by atoms with E-state index in [9.17, 15) is 9.59 Å². The molecule has 2 amide bonds. The van der Waals surface area contributed by atoms with Crippen molar-refractivity contribution in [3.63, 3.8) is 0 Å². The summed E-state index contributed by atoms with van der Waals surface area (Å²) in [5.74, 6) is 1.43. The smallest absolute Gasteiger partial charge is 0.220 e. The second-order valence-electron chi connectivity index (χ2n) is 5.69. The van der Waals surface area contributed by atoms with Crippen LogP contribution in [0.5, 0.6) is 11.5 Å². The molecule has 1 unspecified atom stereocenters. The summed E-state index contributed by atoms with van der Waals surface area (Å²) in [6, 6.07) is 5.36. The number of hydrogen-bond donors (Lipinski definition) is 2. The molecule has 0 fully saturated rings. The maximum atomic E-state index is 12.1. The molecule has 0 bridgehead atoms. The standard InChI is InChI=1S/C18H28N2O4/c1-13(16-12-15(23-3)9-10-17(16)24-4)20-18(22)8-6-5-7-11-19-14(2)21/h9-10,12-13H,5-8,11H2,1-4H3,(H,19,21)(H,20,22). The van der Waals surface area contributed by atoms with E-state index in [0.717, 1.165) is 36.3 Å². The Morgan fingerprint density at radius 2 is 1.88 bits per heavy atom. The van der Waals surface area contributed by atoms with Crippen LogP contribution in [0.15, 0.2) is 18.2 Å². The normalized spacial score (nSPS) is 11.5. The van der Waals surface area contributed by atoms with Crippen LogP contribution < -0.4 is 20.1 Å². The monoisotopic (exact) mass is 336 g/mol. The third kappa shape index (κ3) is 6.89. The summed E-state index contributed by atoms with van der Waals surface area (Å²) in [5, 5.41) is 5.73. The van der Waals surface area contributed by atoms with E-state index in [1.165, 1.54) is 6.92 Å². The van der Waals surface area contributed by atoms with E-state index in [1.807, 2.05) is 25.1 Å². The van der Waals surface area contributed by atoms with Crippen LogP contribution in [-0.4, -0.2) is 32.6 Å². The van der Waals surface area contributed by atoms with Crippen molar-refractivity contribution in [2.24, 2.45) is 0 Å². The molecule has 0 aromatic heterocycles. The highest BCUT2D eigenvalue weighted by molar-refractivity contribution is 5.76. The number of amides is 2. The number of methoxy groups -OCH3 is 2. The molecule has 0 saturated heterocycles. The van der Waals surface area contributed by atoms with Gasteiger partial charge < -0.3 is 20.1 Å². The highest BCUT2D eigenvalue weighted by atomic mass is 16.5. The highest BCUT2D eigenvalue weighted by Crippen LogP contribution is 2.29. The summed E-state index contributed by atoms with van der Waals surface area (Å²) in [6.07, 6.45) is 3.06. The summed E-state index contributed by atoms with van der Waals surface area (Å²) in [5.41, 5.74) is 0.885. The molecule has 1 rings (SSSR count). The van der Waals surface area contributed by atoms with Crippen molar-refractivity contribution < 1.29 is 19.1 Å². The molecule has 0 aliphatic carbocycles. The van der Waals surface area contributed by atoms with Crippen LogP contribution in [0, 0.1) is 0 Å². The third-order valence-electron chi connectivity index (χ3n) is 3.74. The quantitative estimate of drug-likeness (QED) is 0.644. The average Bonchev–Trinajstić information content (AvgIpc) is 2.56. The number of benzene rings is 1. The van der Waals surface area contributed by atoms with Gasteiger partial charge in [0.25, 0.3) is 0 Å². The lowest BCUT2D eigenvalue weighted by atomic mass is 10.1. The molecule has 6 heteroatoms. The summed E-state index contributed by atoms with van der Waals surface area (Å²) in [4.78, 5) is 22.8. The molecule has 0 aliphatic heterocycles. The molecule has 134 valence electrons. The lowest BCUT2D eigenvalue weighted by molar-refractivity contribution is -0.122. The van der Waals surface area contributed by atoms with Gasteiger partial charge in [0.15, 0.2) is 0 Å². The molecule has 6 nitrogen and oxygen atoms in total. The molecule has 1 aromatic rings. The topological polar surface area (TPSA) is 76.7 Å². The van der Waals surface area contributed by atoms with Crippen LogP contribution in [0.3, 0.4) is 0 Å². The Morgan fingerprint density at radius 3 is 2.50 bits per heavy atom. The van der Waals surface area contributed by atoms with Crippen LogP contribution in [0.25, 0.3) is 0 Å². The summed E-state index contributed by atoms with van der Waals surface area (Å²) < 4.78 is 10.6. The van der Waals surface area contributed by atoms with Crippen molar-refractivity contribution in [1.82, 2.24) is 10.6 Å². The molecule has 0 heterocycles. The molecule has 0 radical (unpaired) electrons. The van der Waals surface area contributed by atoms with Gasteiger partial charge in [0.2, 0.25) is 11.8 Å². The number of nitrogens with one attached hydrogen (secondary N) is 2. The first-order valence-electron chi connectivity index (χ1n) is 8.23. The summed E-state index contributed by atoms with van der Waals surface area (Å²) in [7, 11) is 3.21. The fourth-order valence-electron chi connectivity index (χ4n) is 2.42. The van der Waals surface area contributed by atoms with Gasteiger partial charge in [-0.3, -0.25) is 9.59 Å². The fraction of sp³-hybridized carbons (Fsp3) is 0.556. The first kappa shape index (κ1) is 19.8. The van der Waals surface area contributed by atoms with Crippen LogP contribution in [-0.2, 0) is 9.59 Å². The second kappa shape index (κ2) is 10.5. The predicted octanol–water partition coefficient (Wildman–Crippen LogP) is 2.58. The number of ether oxygens (including phenoxy) is 2. The third-order valence-corrected chi connectivity index (χ3v) is 3.74. The van der Waals surface area contributed by atoms with E-state index in [-0.39, 0.29) is 17.9 Å². The zero-order valence-corrected chi connectivity index (χ0v) is 15.0. The van der Waals surface area contributed by atoms with Crippen molar-refractivity contribution in [3.8, 4) is 11.5 Å². The van der Waals surface area contributed by atoms with Gasteiger partial charge in [-0.2, -0.15) is 0 Å².